The molecule has 5 rings (SSSR count). The summed E-state index contributed by atoms with van der Waals surface area (Å²) in [7, 11) is 0. The fourth-order valence-electron chi connectivity index (χ4n) is 4.26. The Labute approximate surface area is 165 Å². The number of aromatic amines is 1. The maximum absolute atomic E-state index is 15.4. The van der Waals surface area contributed by atoms with Crippen molar-refractivity contribution in [2.75, 3.05) is 5.32 Å². The summed E-state index contributed by atoms with van der Waals surface area (Å²) in [6, 6.07) is 5.90. The van der Waals surface area contributed by atoms with Gasteiger partial charge in [0.2, 0.25) is 0 Å². The molecule has 0 amide bonds. The Morgan fingerprint density at radius 3 is 2.72 bits per heavy atom. The summed E-state index contributed by atoms with van der Waals surface area (Å²) >= 11 is 0. The molecular weight excluding hydrogens is 376 g/mol. The monoisotopic (exact) mass is 395 g/mol. The van der Waals surface area contributed by atoms with Gasteiger partial charge in [0.25, 0.3) is 0 Å². The highest BCUT2D eigenvalue weighted by Crippen LogP contribution is 2.44. The largest absolute Gasteiger partial charge is 0.388 e. The van der Waals surface area contributed by atoms with E-state index in [0.717, 1.165) is 0 Å². The van der Waals surface area contributed by atoms with Gasteiger partial charge in [-0.15, -0.1) is 10.2 Å². The standard InChI is InChI=1S/C21H19F2N5O/c1-10-17(13-7-12(22)6-11-4-5-24-18(11)13)14(23)8-15-19(10)28-16(9-29)26-27-20(28)21(2,3)25-15/h4-8,24-25,29H,9H2,1-3H3. The van der Waals surface area contributed by atoms with Crippen LogP contribution in [0.25, 0.3) is 27.7 Å². The average molecular weight is 395 g/mol. The van der Waals surface area contributed by atoms with Gasteiger partial charge < -0.3 is 15.4 Å². The molecule has 3 N–H and O–H groups in total. The number of rotatable bonds is 2. The maximum Gasteiger partial charge on any atom is 0.163 e. The van der Waals surface area contributed by atoms with Gasteiger partial charge in [0.05, 0.1) is 22.4 Å². The second-order valence-electron chi connectivity index (χ2n) is 7.83. The van der Waals surface area contributed by atoms with Gasteiger partial charge in [0.1, 0.15) is 18.2 Å². The SMILES string of the molecule is Cc1c(-c2cc(F)cc3cc[nH]c23)c(F)cc2c1-n1c(CO)nnc1C(C)(C)N2. The van der Waals surface area contributed by atoms with Crippen molar-refractivity contribution in [1.82, 2.24) is 19.7 Å². The van der Waals surface area contributed by atoms with Gasteiger partial charge >= 0.3 is 0 Å². The van der Waals surface area contributed by atoms with Crippen molar-refractivity contribution in [2.24, 2.45) is 0 Å². The normalized spacial score (nSPS) is 14.6. The molecule has 0 saturated carbocycles. The van der Waals surface area contributed by atoms with Gasteiger partial charge in [-0.1, -0.05) is 0 Å². The molecule has 0 fully saturated rings. The number of halogens is 2. The Morgan fingerprint density at radius 1 is 1.17 bits per heavy atom. The van der Waals surface area contributed by atoms with Crippen LogP contribution < -0.4 is 5.32 Å². The summed E-state index contributed by atoms with van der Waals surface area (Å²) in [6.07, 6.45) is 1.70. The molecule has 0 bridgehead atoms. The summed E-state index contributed by atoms with van der Waals surface area (Å²) in [5.74, 6) is 0.0664. The number of anilines is 1. The molecule has 0 radical (unpaired) electrons. The van der Waals surface area contributed by atoms with Crippen LogP contribution >= 0.6 is 0 Å². The topological polar surface area (TPSA) is 78.8 Å². The van der Waals surface area contributed by atoms with Crippen LogP contribution in [0.3, 0.4) is 0 Å². The van der Waals surface area contributed by atoms with Gasteiger partial charge in [0, 0.05) is 22.7 Å². The first kappa shape index (κ1) is 17.8. The number of nitrogens with one attached hydrogen (secondary N) is 2. The minimum atomic E-state index is -0.612. The summed E-state index contributed by atoms with van der Waals surface area (Å²) in [5.41, 5.74) is 2.58. The van der Waals surface area contributed by atoms with E-state index in [1.807, 2.05) is 13.8 Å². The lowest BCUT2D eigenvalue weighted by atomic mass is 9.92. The number of hydrogen-bond acceptors (Lipinski definition) is 4. The Bertz CT molecular complexity index is 1290. The molecule has 4 aromatic rings. The number of hydrogen-bond donors (Lipinski definition) is 3. The van der Waals surface area contributed by atoms with Crippen LogP contribution in [0.2, 0.25) is 0 Å². The Kier molecular flexibility index (Phi) is 3.61. The van der Waals surface area contributed by atoms with Gasteiger partial charge in [-0.25, -0.2) is 8.78 Å². The Hall–Kier alpha value is -3.26. The van der Waals surface area contributed by atoms with Crippen molar-refractivity contribution in [3.8, 4) is 16.8 Å². The van der Waals surface area contributed by atoms with Gasteiger partial charge in [-0.05, 0) is 50.6 Å². The van der Waals surface area contributed by atoms with E-state index in [-0.39, 0.29) is 6.61 Å². The molecule has 3 heterocycles. The molecule has 0 unspecified atom stereocenters. The molecule has 29 heavy (non-hydrogen) atoms. The summed E-state index contributed by atoms with van der Waals surface area (Å²) < 4.78 is 31.4. The summed E-state index contributed by atoms with van der Waals surface area (Å²) in [4.78, 5) is 3.08. The molecule has 0 aliphatic carbocycles. The molecule has 1 aliphatic heterocycles. The zero-order valence-electron chi connectivity index (χ0n) is 16.1. The first-order valence-electron chi connectivity index (χ1n) is 9.26. The van der Waals surface area contributed by atoms with Crippen molar-refractivity contribution < 1.29 is 13.9 Å². The molecule has 6 nitrogen and oxygen atoms in total. The Balaban J connectivity index is 1.87. The predicted molar refractivity (Wildman–Crippen MR) is 106 cm³/mol. The molecule has 8 heteroatoms. The van der Waals surface area contributed by atoms with Gasteiger partial charge in [-0.2, -0.15) is 0 Å². The summed E-state index contributed by atoms with van der Waals surface area (Å²) in [5, 5.41) is 22.1. The van der Waals surface area contributed by atoms with E-state index in [2.05, 4.69) is 20.5 Å². The zero-order valence-corrected chi connectivity index (χ0v) is 16.1. The quantitative estimate of drug-likeness (QED) is 0.476. The minimum absolute atomic E-state index is 0.292. The number of aromatic nitrogens is 4. The van der Waals surface area contributed by atoms with Crippen LogP contribution in [0.5, 0.6) is 0 Å². The molecule has 0 saturated heterocycles. The van der Waals surface area contributed by atoms with Crippen LogP contribution in [0.15, 0.2) is 30.5 Å². The first-order chi connectivity index (χ1) is 13.8. The molecule has 2 aromatic heterocycles. The van der Waals surface area contributed by atoms with Gasteiger partial charge in [-0.3, -0.25) is 4.57 Å². The number of H-pyrrole nitrogens is 1. The number of aliphatic hydroxyl groups excluding tert-OH is 1. The van der Waals surface area contributed by atoms with Crippen molar-refractivity contribution >= 4 is 16.6 Å². The highest BCUT2D eigenvalue weighted by Gasteiger charge is 2.36. The highest BCUT2D eigenvalue weighted by atomic mass is 19.1. The Morgan fingerprint density at radius 2 is 1.97 bits per heavy atom. The number of fused-ring (bicyclic) bond motifs is 4. The van der Waals surface area contributed by atoms with Crippen LogP contribution in [-0.2, 0) is 12.1 Å². The van der Waals surface area contributed by atoms with E-state index in [1.54, 1.807) is 23.8 Å². The molecule has 148 valence electrons. The lowest BCUT2D eigenvalue weighted by Crippen LogP contribution is -2.36. The molecule has 2 aromatic carbocycles. The van der Waals surface area contributed by atoms with Crippen LogP contribution in [0.4, 0.5) is 14.5 Å². The van der Waals surface area contributed by atoms with E-state index in [9.17, 15) is 9.50 Å². The zero-order chi connectivity index (χ0) is 20.5. The first-order valence-corrected chi connectivity index (χ1v) is 9.26. The highest BCUT2D eigenvalue weighted by molar-refractivity contribution is 5.96. The molecule has 0 spiro atoms. The van der Waals surface area contributed by atoms with E-state index < -0.39 is 17.2 Å². The van der Waals surface area contributed by atoms with Crippen LogP contribution in [0, 0.1) is 18.6 Å². The van der Waals surface area contributed by atoms with Crippen LogP contribution in [0.1, 0.15) is 31.1 Å². The van der Waals surface area contributed by atoms with E-state index >= 15 is 4.39 Å². The van der Waals surface area contributed by atoms with Crippen molar-refractivity contribution in [1.29, 1.82) is 0 Å². The van der Waals surface area contributed by atoms with E-state index in [4.69, 9.17) is 0 Å². The number of nitrogens with zero attached hydrogens (tertiary/aromatic N) is 3. The second-order valence-corrected chi connectivity index (χ2v) is 7.83. The van der Waals surface area contributed by atoms with Crippen LogP contribution in [-0.4, -0.2) is 24.9 Å². The third-order valence-corrected chi connectivity index (χ3v) is 5.49. The summed E-state index contributed by atoms with van der Waals surface area (Å²) in [6.45, 7) is 5.29. The smallest absolute Gasteiger partial charge is 0.163 e. The lowest BCUT2D eigenvalue weighted by molar-refractivity contribution is 0.268. The molecular formula is C21H19F2N5O. The van der Waals surface area contributed by atoms with Crippen molar-refractivity contribution in [3.63, 3.8) is 0 Å². The van der Waals surface area contributed by atoms with E-state index in [1.165, 1.54) is 18.2 Å². The molecule has 0 atom stereocenters. The third kappa shape index (κ3) is 2.42. The van der Waals surface area contributed by atoms with Gasteiger partial charge in [0.15, 0.2) is 11.6 Å². The average Bonchev–Trinajstić information content (AvgIpc) is 3.27. The third-order valence-electron chi connectivity index (χ3n) is 5.49. The predicted octanol–water partition coefficient (Wildman–Crippen LogP) is 4.16. The lowest BCUT2D eigenvalue weighted by Gasteiger charge is -2.35. The second kappa shape index (κ2) is 5.87. The van der Waals surface area contributed by atoms with Crippen molar-refractivity contribution in [3.05, 3.63) is 59.3 Å². The fourth-order valence-corrected chi connectivity index (χ4v) is 4.26. The van der Waals surface area contributed by atoms with E-state index in [0.29, 0.717) is 50.6 Å². The molecule has 1 aliphatic rings. The number of aliphatic hydroxyl groups is 1. The minimum Gasteiger partial charge on any atom is -0.388 e. The fraction of sp³-hybridized carbons (Fsp3) is 0.238. The van der Waals surface area contributed by atoms with Crippen molar-refractivity contribution in [2.45, 2.75) is 32.9 Å². The maximum atomic E-state index is 15.4. The number of benzene rings is 2.